The summed E-state index contributed by atoms with van der Waals surface area (Å²) in [6, 6.07) is 9.21. The van der Waals surface area contributed by atoms with E-state index in [9.17, 15) is 0 Å². The molecule has 0 unspecified atom stereocenters. The van der Waals surface area contributed by atoms with Crippen molar-refractivity contribution in [2.75, 3.05) is 5.73 Å². The highest BCUT2D eigenvalue weighted by molar-refractivity contribution is 7.18. The lowest BCUT2D eigenvalue weighted by Gasteiger charge is -2.07. The van der Waals surface area contributed by atoms with Crippen molar-refractivity contribution in [3.05, 3.63) is 40.2 Å². The summed E-state index contributed by atoms with van der Waals surface area (Å²) in [6.07, 6.45) is 0. The molecule has 0 saturated heterocycles. The van der Waals surface area contributed by atoms with E-state index in [1.54, 1.807) is 23.5 Å². The van der Waals surface area contributed by atoms with Gasteiger partial charge in [0.2, 0.25) is 11.8 Å². The fourth-order valence-corrected chi connectivity index (χ4v) is 2.79. The fourth-order valence-electron chi connectivity index (χ4n) is 1.74. The van der Waals surface area contributed by atoms with Crippen molar-refractivity contribution in [2.45, 2.75) is 6.92 Å². The van der Waals surface area contributed by atoms with E-state index in [1.807, 2.05) is 25.1 Å². The van der Waals surface area contributed by atoms with Gasteiger partial charge in [-0.05, 0) is 25.1 Å². The van der Waals surface area contributed by atoms with Gasteiger partial charge in [-0.25, -0.2) is 4.98 Å². The molecule has 96 valence electrons. The van der Waals surface area contributed by atoms with Crippen LogP contribution >= 0.6 is 22.9 Å². The van der Waals surface area contributed by atoms with E-state index in [4.69, 9.17) is 22.1 Å². The number of benzene rings is 1. The molecule has 0 spiro atoms. The normalized spacial score (nSPS) is 10.8. The minimum absolute atomic E-state index is 0.191. The first-order valence-electron chi connectivity index (χ1n) is 5.59. The van der Waals surface area contributed by atoms with Gasteiger partial charge >= 0.3 is 0 Å². The van der Waals surface area contributed by atoms with Crippen LogP contribution in [0.5, 0.6) is 11.6 Å². The van der Waals surface area contributed by atoms with Crippen molar-refractivity contribution in [3.8, 4) is 11.6 Å². The zero-order valence-electron chi connectivity index (χ0n) is 10.1. The summed E-state index contributed by atoms with van der Waals surface area (Å²) in [5.74, 6) is 1.17. The van der Waals surface area contributed by atoms with E-state index in [1.165, 1.54) is 0 Å². The number of nitrogen functional groups attached to an aromatic ring is 1. The van der Waals surface area contributed by atoms with E-state index in [0.717, 1.165) is 15.1 Å². The molecule has 0 radical (unpaired) electrons. The highest BCUT2D eigenvalue weighted by atomic mass is 35.5. The standard InChI is InChI=1S/C13H10ClN3OS/c1-7-6-8-11(16-13(15)17-12(8)19-7)18-10-5-3-2-4-9(10)14/h2-6H,1H3,(H2,15,16,17). The summed E-state index contributed by atoms with van der Waals surface area (Å²) in [7, 11) is 0. The Morgan fingerprint density at radius 1 is 1.26 bits per heavy atom. The molecule has 0 bridgehead atoms. The van der Waals surface area contributed by atoms with Crippen LogP contribution < -0.4 is 10.5 Å². The molecule has 0 fully saturated rings. The SMILES string of the molecule is Cc1cc2c(Oc3ccccc3Cl)nc(N)nc2s1. The van der Waals surface area contributed by atoms with E-state index >= 15 is 0 Å². The van der Waals surface area contributed by atoms with Crippen LogP contribution in [-0.2, 0) is 0 Å². The Balaban J connectivity index is 2.12. The second-order valence-electron chi connectivity index (χ2n) is 4.00. The number of ether oxygens (including phenoxy) is 1. The first kappa shape index (κ1) is 12.2. The maximum absolute atomic E-state index is 6.07. The Bertz CT molecular complexity index is 757. The van der Waals surface area contributed by atoms with Gasteiger partial charge in [0.25, 0.3) is 0 Å². The number of hydrogen-bond acceptors (Lipinski definition) is 5. The molecule has 4 nitrogen and oxygen atoms in total. The Morgan fingerprint density at radius 2 is 2.05 bits per heavy atom. The van der Waals surface area contributed by atoms with Gasteiger partial charge in [-0.1, -0.05) is 23.7 Å². The molecule has 0 saturated carbocycles. The number of anilines is 1. The monoisotopic (exact) mass is 291 g/mol. The molecule has 0 aliphatic heterocycles. The quantitative estimate of drug-likeness (QED) is 0.774. The molecule has 0 amide bonds. The van der Waals surface area contributed by atoms with Gasteiger partial charge in [-0.15, -0.1) is 11.3 Å². The first-order valence-corrected chi connectivity index (χ1v) is 6.79. The van der Waals surface area contributed by atoms with E-state index in [2.05, 4.69) is 9.97 Å². The summed E-state index contributed by atoms with van der Waals surface area (Å²) < 4.78 is 5.76. The molecule has 1 aromatic carbocycles. The number of aromatic nitrogens is 2. The lowest BCUT2D eigenvalue weighted by Crippen LogP contribution is -1.97. The predicted octanol–water partition coefficient (Wildman–Crippen LogP) is 4.03. The molecule has 3 aromatic rings. The zero-order chi connectivity index (χ0) is 13.4. The van der Waals surface area contributed by atoms with Crippen LogP contribution in [0.3, 0.4) is 0 Å². The maximum atomic E-state index is 6.07. The molecule has 6 heteroatoms. The largest absolute Gasteiger partial charge is 0.437 e. The van der Waals surface area contributed by atoms with Crippen LogP contribution in [-0.4, -0.2) is 9.97 Å². The highest BCUT2D eigenvalue weighted by Crippen LogP contribution is 2.35. The Labute approximate surface area is 118 Å². The number of rotatable bonds is 2. The van der Waals surface area contributed by atoms with Gasteiger partial charge in [-0.3, -0.25) is 0 Å². The highest BCUT2D eigenvalue weighted by Gasteiger charge is 2.12. The maximum Gasteiger partial charge on any atom is 0.232 e. The van der Waals surface area contributed by atoms with Crippen molar-refractivity contribution >= 4 is 39.1 Å². The molecule has 2 N–H and O–H groups in total. The molecule has 19 heavy (non-hydrogen) atoms. The third-order valence-electron chi connectivity index (χ3n) is 2.54. The number of thiophene rings is 1. The second kappa shape index (κ2) is 4.68. The number of aryl methyl sites for hydroxylation is 1. The van der Waals surface area contributed by atoms with E-state index in [-0.39, 0.29) is 5.95 Å². The Hall–Kier alpha value is -1.85. The van der Waals surface area contributed by atoms with Gasteiger partial charge in [0.05, 0.1) is 10.4 Å². The summed E-state index contributed by atoms with van der Waals surface area (Å²) in [5, 5.41) is 1.37. The van der Waals surface area contributed by atoms with Crippen LogP contribution in [0, 0.1) is 6.92 Å². The molecule has 0 aliphatic carbocycles. The number of para-hydroxylation sites is 1. The van der Waals surface area contributed by atoms with Gasteiger partial charge in [0, 0.05) is 4.88 Å². The van der Waals surface area contributed by atoms with Crippen LogP contribution in [0.15, 0.2) is 30.3 Å². The number of hydrogen-bond donors (Lipinski definition) is 1. The molecule has 3 rings (SSSR count). The van der Waals surface area contributed by atoms with Crippen LogP contribution in [0.1, 0.15) is 4.88 Å². The summed E-state index contributed by atoms with van der Waals surface area (Å²) in [5.41, 5.74) is 5.70. The van der Waals surface area contributed by atoms with Crippen molar-refractivity contribution in [1.29, 1.82) is 0 Å². The molecular formula is C13H10ClN3OS. The molecule has 0 aliphatic rings. The van der Waals surface area contributed by atoms with E-state index in [0.29, 0.717) is 16.7 Å². The summed E-state index contributed by atoms with van der Waals surface area (Å²) >= 11 is 7.62. The fraction of sp³-hybridized carbons (Fsp3) is 0.0769. The summed E-state index contributed by atoms with van der Waals surface area (Å²) in [4.78, 5) is 10.3. The van der Waals surface area contributed by atoms with Gasteiger partial charge < -0.3 is 10.5 Å². The summed E-state index contributed by atoms with van der Waals surface area (Å²) in [6.45, 7) is 2.00. The zero-order valence-corrected chi connectivity index (χ0v) is 11.6. The molecule has 2 aromatic heterocycles. The van der Waals surface area contributed by atoms with Gasteiger partial charge in [-0.2, -0.15) is 4.98 Å². The van der Waals surface area contributed by atoms with Crippen LogP contribution in [0.4, 0.5) is 5.95 Å². The van der Waals surface area contributed by atoms with Crippen molar-refractivity contribution in [1.82, 2.24) is 9.97 Å². The average molecular weight is 292 g/mol. The Kier molecular flexibility index (Phi) is 3.00. The van der Waals surface area contributed by atoms with Crippen molar-refractivity contribution in [2.24, 2.45) is 0 Å². The Morgan fingerprint density at radius 3 is 2.84 bits per heavy atom. The van der Waals surface area contributed by atoms with Crippen LogP contribution in [0.2, 0.25) is 5.02 Å². The van der Waals surface area contributed by atoms with E-state index < -0.39 is 0 Å². The van der Waals surface area contributed by atoms with Crippen molar-refractivity contribution < 1.29 is 4.74 Å². The van der Waals surface area contributed by atoms with Crippen molar-refractivity contribution in [3.63, 3.8) is 0 Å². The second-order valence-corrected chi connectivity index (χ2v) is 5.64. The third-order valence-corrected chi connectivity index (χ3v) is 3.80. The number of fused-ring (bicyclic) bond motifs is 1. The molecule has 0 atom stereocenters. The molecular weight excluding hydrogens is 282 g/mol. The molecule has 2 heterocycles. The first-order chi connectivity index (χ1) is 9.13. The van der Waals surface area contributed by atoms with Crippen LogP contribution in [0.25, 0.3) is 10.2 Å². The third kappa shape index (κ3) is 2.34. The lowest BCUT2D eigenvalue weighted by molar-refractivity contribution is 0.469. The number of halogens is 1. The van der Waals surface area contributed by atoms with Gasteiger partial charge in [0.15, 0.2) is 0 Å². The predicted molar refractivity (Wildman–Crippen MR) is 78.1 cm³/mol. The minimum Gasteiger partial charge on any atom is -0.437 e. The van der Waals surface area contributed by atoms with Gasteiger partial charge in [0.1, 0.15) is 10.6 Å². The number of nitrogens with zero attached hydrogens (tertiary/aromatic N) is 2. The number of nitrogens with two attached hydrogens (primary N) is 1. The lowest BCUT2D eigenvalue weighted by atomic mass is 10.3. The smallest absolute Gasteiger partial charge is 0.232 e. The topological polar surface area (TPSA) is 61.0 Å². The minimum atomic E-state index is 0.191. The average Bonchev–Trinajstić information content (AvgIpc) is 2.72.